The number of rotatable bonds is 14. The number of unbranched alkanes of at least 4 members (excludes halogenated alkanes) is 5. The molecule has 0 bridgehead atoms. The summed E-state index contributed by atoms with van der Waals surface area (Å²) in [6, 6.07) is 0. The van der Waals surface area contributed by atoms with Crippen LogP contribution in [0.25, 0.3) is 0 Å². The Labute approximate surface area is 163 Å². The van der Waals surface area contributed by atoms with Gasteiger partial charge in [0.05, 0.1) is 18.3 Å². The van der Waals surface area contributed by atoms with Crippen molar-refractivity contribution in [1.82, 2.24) is 0 Å². The standard InChI is InChI=1S/C22H38O5/c1-2-3-8-11-17(23)14-15-19-18(20(24)16-21(19)25)12-9-6-4-5-7-10-13-22(26)27/h6,9,14-15,17-21,23-25H,2-5,7-8,10-13,16H2,1H3,(H,26,27)/b9-6-,15-14+. The van der Waals surface area contributed by atoms with Crippen LogP contribution in [0.15, 0.2) is 24.3 Å². The van der Waals surface area contributed by atoms with Crippen LogP contribution in [0.4, 0.5) is 0 Å². The molecule has 1 fully saturated rings. The highest BCUT2D eigenvalue weighted by Gasteiger charge is 2.39. The Hall–Kier alpha value is -1.17. The van der Waals surface area contributed by atoms with E-state index in [1.165, 1.54) is 0 Å². The molecular weight excluding hydrogens is 344 g/mol. The van der Waals surface area contributed by atoms with Crippen LogP contribution in [0.5, 0.6) is 0 Å². The summed E-state index contributed by atoms with van der Waals surface area (Å²) in [6.45, 7) is 2.13. The third kappa shape index (κ3) is 10.1. The third-order valence-corrected chi connectivity index (χ3v) is 5.41. The number of carboxylic acid groups (broad SMARTS) is 1. The maximum atomic E-state index is 10.5. The quantitative estimate of drug-likeness (QED) is 0.270. The monoisotopic (exact) mass is 382 g/mol. The molecule has 5 unspecified atom stereocenters. The van der Waals surface area contributed by atoms with Crippen molar-refractivity contribution in [2.45, 2.75) is 95.9 Å². The molecule has 5 atom stereocenters. The van der Waals surface area contributed by atoms with Gasteiger partial charge in [-0.15, -0.1) is 0 Å². The molecule has 1 aliphatic carbocycles. The van der Waals surface area contributed by atoms with Gasteiger partial charge >= 0.3 is 5.97 Å². The molecule has 27 heavy (non-hydrogen) atoms. The van der Waals surface area contributed by atoms with E-state index in [1.807, 2.05) is 6.08 Å². The van der Waals surface area contributed by atoms with Gasteiger partial charge in [-0.2, -0.15) is 0 Å². The van der Waals surface area contributed by atoms with Crippen molar-refractivity contribution in [1.29, 1.82) is 0 Å². The molecule has 1 aliphatic rings. The lowest BCUT2D eigenvalue weighted by Crippen LogP contribution is -2.20. The van der Waals surface area contributed by atoms with Crippen LogP contribution in [0, 0.1) is 11.8 Å². The topological polar surface area (TPSA) is 98.0 Å². The lowest BCUT2D eigenvalue weighted by molar-refractivity contribution is -0.137. The fourth-order valence-corrected chi connectivity index (χ4v) is 3.75. The maximum absolute atomic E-state index is 10.5. The zero-order valence-electron chi connectivity index (χ0n) is 16.7. The van der Waals surface area contributed by atoms with Crippen LogP contribution in [-0.4, -0.2) is 44.7 Å². The Morgan fingerprint density at radius 2 is 1.85 bits per heavy atom. The van der Waals surface area contributed by atoms with Crippen LogP contribution in [-0.2, 0) is 4.79 Å². The average Bonchev–Trinajstić information content (AvgIpc) is 2.88. The summed E-state index contributed by atoms with van der Waals surface area (Å²) in [5.41, 5.74) is 0. The second-order valence-corrected chi connectivity index (χ2v) is 7.76. The highest BCUT2D eigenvalue weighted by Crippen LogP contribution is 2.36. The summed E-state index contributed by atoms with van der Waals surface area (Å²) in [4.78, 5) is 10.5. The zero-order valence-corrected chi connectivity index (χ0v) is 16.7. The Balaban J connectivity index is 2.37. The second-order valence-electron chi connectivity index (χ2n) is 7.76. The Kier molecular flexibility index (Phi) is 12.3. The Morgan fingerprint density at radius 1 is 1.07 bits per heavy atom. The number of carboxylic acids is 1. The first-order chi connectivity index (χ1) is 13.0. The van der Waals surface area contributed by atoms with Crippen LogP contribution < -0.4 is 0 Å². The number of allylic oxidation sites excluding steroid dienone is 2. The molecule has 0 aromatic carbocycles. The van der Waals surface area contributed by atoms with Crippen molar-refractivity contribution in [2.75, 3.05) is 0 Å². The number of carbonyl (C=O) groups is 1. The van der Waals surface area contributed by atoms with Crippen molar-refractivity contribution in [2.24, 2.45) is 11.8 Å². The smallest absolute Gasteiger partial charge is 0.303 e. The number of aliphatic hydroxyl groups excluding tert-OH is 3. The van der Waals surface area contributed by atoms with Crippen molar-refractivity contribution < 1.29 is 25.2 Å². The van der Waals surface area contributed by atoms with E-state index in [2.05, 4.69) is 19.1 Å². The fraction of sp³-hybridized carbons (Fsp3) is 0.773. The lowest BCUT2D eigenvalue weighted by atomic mass is 9.89. The van der Waals surface area contributed by atoms with Crippen LogP contribution in [0.3, 0.4) is 0 Å². The minimum atomic E-state index is -0.742. The number of hydrogen-bond donors (Lipinski definition) is 4. The van der Waals surface area contributed by atoms with Gasteiger partial charge in [0, 0.05) is 18.8 Å². The molecule has 0 spiro atoms. The van der Waals surface area contributed by atoms with E-state index in [4.69, 9.17) is 5.11 Å². The van der Waals surface area contributed by atoms with Gasteiger partial charge in [-0.1, -0.05) is 56.9 Å². The van der Waals surface area contributed by atoms with E-state index in [0.717, 1.165) is 44.9 Å². The van der Waals surface area contributed by atoms with Gasteiger partial charge in [-0.25, -0.2) is 0 Å². The molecule has 0 aromatic rings. The predicted octanol–water partition coefficient (Wildman–Crippen LogP) is 3.82. The summed E-state index contributed by atoms with van der Waals surface area (Å²) >= 11 is 0. The first-order valence-electron chi connectivity index (χ1n) is 10.5. The van der Waals surface area contributed by atoms with Gasteiger partial charge in [-0.05, 0) is 38.0 Å². The molecule has 5 heteroatoms. The molecule has 1 rings (SSSR count). The summed E-state index contributed by atoms with van der Waals surface area (Å²) < 4.78 is 0. The molecular formula is C22H38O5. The van der Waals surface area contributed by atoms with E-state index in [9.17, 15) is 20.1 Å². The average molecular weight is 383 g/mol. The fourth-order valence-electron chi connectivity index (χ4n) is 3.75. The second kappa shape index (κ2) is 13.9. The molecule has 5 nitrogen and oxygen atoms in total. The number of aliphatic hydroxyl groups is 3. The summed E-state index contributed by atoms with van der Waals surface area (Å²) in [7, 11) is 0. The van der Waals surface area contributed by atoms with Gasteiger partial charge in [0.2, 0.25) is 0 Å². The number of hydrogen-bond acceptors (Lipinski definition) is 4. The molecule has 0 heterocycles. The first kappa shape index (κ1) is 23.9. The Morgan fingerprint density at radius 3 is 2.56 bits per heavy atom. The van der Waals surface area contributed by atoms with E-state index >= 15 is 0 Å². The predicted molar refractivity (Wildman–Crippen MR) is 107 cm³/mol. The minimum absolute atomic E-state index is 0.0256. The highest BCUT2D eigenvalue weighted by molar-refractivity contribution is 5.66. The highest BCUT2D eigenvalue weighted by atomic mass is 16.4. The molecule has 0 aromatic heterocycles. The molecule has 156 valence electrons. The molecule has 1 saturated carbocycles. The molecule has 0 radical (unpaired) electrons. The molecule has 4 N–H and O–H groups in total. The van der Waals surface area contributed by atoms with Gasteiger partial charge in [-0.3, -0.25) is 4.79 Å². The first-order valence-corrected chi connectivity index (χ1v) is 10.5. The molecule has 0 saturated heterocycles. The SMILES string of the molecule is CCCCCC(O)/C=C/C1C(O)CC(O)C1C/C=C\CCCCCC(=O)O. The van der Waals surface area contributed by atoms with Crippen molar-refractivity contribution >= 4 is 5.97 Å². The molecule has 0 aliphatic heterocycles. The third-order valence-electron chi connectivity index (χ3n) is 5.41. The normalized spacial score (nSPS) is 27.0. The maximum Gasteiger partial charge on any atom is 0.303 e. The van der Waals surface area contributed by atoms with E-state index in [1.54, 1.807) is 6.08 Å². The lowest BCUT2D eigenvalue weighted by Gasteiger charge is -2.19. The van der Waals surface area contributed by atoms with E-state index in [0.29, 0.717) is 19.3 Å². The van der Waals surface area contributed by atoms with Crippen molar-refractivity contribution in [3.63, 3.8) is 0 Å². The summed E-state index contributed by atoms with van der Waals surface area (Å²) in [5.74, 6) is -0.891. The zero-order chi connectivity index (χ0) is 20.1. The summed E-state index contributed by atoms with van der Waals surface area (Å²) in [5, 5.41) is 39.1. The van der Waals surface area contributed by atoms with Crippen LogP contribution in [0.1, 0.15) is 77.6 Å². The van der Waals surface area contributed by atoms with Crippen molar-refractivity contribution in [3.05, 3.63) is 24.3 Å². The van der Waals surface area contributed by atoms with Crippen LogP contribution >= 0.6 is 0 Å². The van der Waals surface area contributed by atoms with Crippen molar-refractivity contribution in [3.8, 4) is 0 Å². The van der Waals surface area contributed by atoms with E-state index < -0.39 is 24.3 Å². The Bertz CT molecular complexity index is 460. The molecule has 0 amide bonds. The van der Waals surface area contributed by atoms with Gasteiger partial charge in [0.15, 0.2) is 0 Å². The van der Waals surface area contributed by atoms with Gasteiger partial charge in [0.25, 0.3) is 0 Å². The van der Waals surface area contributed by atoms with Gasteiger partial charge < -0.3 is 20.4 Å². The summed E-state index contributed by atoms with van der Waals surface area (Å²) in [6.07, 6.45) is 15.0. The largest absolute Gasteiger partial charge is 0.481 e. The van der Waals surface area contributed by atoms with E-state index in [-0.39, 0.29) is 18.3 Å². The minimum Gasteiger partial charge on any atom is -0.481 e. The van der Waals surface area contributed by atoms with Crippen LogP contribution in [0.2, 0.25) is 0 Å². The van der Waals surface area contributed by atoms with Gasteiger partial charge in [0.1, 0.15) is 0 Å². The number of aliphatic carboxylic acids is 1.